The Hall–Kier alpha value is -4.59. The van der Waals surface area contributed by atoms with Gasteiger partial charge in [-0.25, -0.2) is 0 Å². The molecule has 8 heteroatoms. The smallest absolute Gasteiger partial charge is 0.273 e. The quantitative estimate of drug-likeness (QED) is 0.364. The van der Waals surface area contributed by atoms with Crippen molar-refractivity contribution in [3.63, 3.8) is 0 Å². The van der Waals surface area contributed by atoms with Gasteiger partial charge in [0.05, 0.1) is 26.5 Å². The van der Waals surface area contributed by atoms with Gasteiger partial charge in [-0.15, -0.1) is 0 Å². The van der Waals surface area contributed by atoms with Crippen LogP contribution in [0.1, 0.15) is 34.1 Å². The lowest BCUT2D eigenvalue weighted by atomic mass is 9.93. The Morgan fingerprint density at radius 3 is 2.49 bits per heavy atom. The summed E-state index contributed by atoms with van der Waals surface area (Å²) in [5.41, 5.74) is 3.68. The van der Waals surface area contributed by atoms with Crippen LogP contribution < -0.4 is 14.8 Å². The van der Waals surface area contributed by atoms with Crippen LogP contribution in [-0.4, -0.2) is 46.3 Å². The molecule has 4 aromatic rings. The standard InChI is InChI=1S/C31H32N4O4/c1-21-8-7-9-22(16-21)19-34-29(36)27-17-26(23-12-14-25(38-3)15-13-23)33-35(27)20-31(34,2)30(37)32-18-24-10-5-6-11-28(24)39-4/h5-17H,18-20H2,1-4H3,(H,32,37)/t31-/m1/s1. The molecule has 8 nitrogen and oxygen atoms in total. The molecule has 0 bridgehead atoms. The number of fused-ring (bicyclic) bond motifs is 1. The van der Waals surface area contributed by atoms with Crippen molar-refractivity contribution in [2.75, 3.05) is 14.2 Å². The number of carbonyl (C=O) groups is 2. The van der Waals surface area contributed by atoms with Crippen molar-refractivity contribution < 1.29 is 19.1 Å². The summed E-state index contributed by atoms with van der Waals surface area (Å²) in [6.07, 6.45) is 0. The van der Waals surface area contributed by atoms with Crippen molar-refractivity contribution in [3.05, 3.63) is 101 Å². The summed E-state index contributed by atoms with van der Waals surface area (Å²) in [7, 11) is 3.22. The Labute approximate surface area is 228 Å². The maximum atomic E-state index is 14.0. The van der Waals surface area contributed by atoms with E-state index >= 15 is 0 Å². The largest absolute Gasteiger partial charge is 0.497 e. The second kappa shape index (κ2) is 10.6. The first-order valence-electron chi connectivity index (χ1n) is 12.8. The molecule has 1 atom stereocenters. The third kappa shape index (κ3) is 5.10. The molecule has 39 heavy (non-hydrogen) atoms. The number of nitrogens with zero attached hydrogens (tertiary/aromatic N) is 3. The van der Waals surface area contributed by atoms with Gasteiger partial charge in [-0.3, -0.25) is 14.3 Å². The molecular weight excluding hydrogens is 492 g/mol. The van der Waals surface area contributed by atoms with Crippen LogP contribution in [0.5, 0.6) is 11.5 Å². The summed E-state index contributed by atoms with van der Waals surface area (Å²) in [5, 5.41) is 7.78. The number of nitrogens with one attached hydrogen (secondary N) is 1. The molecule has 0 radical (unpaired) electrons. The zero-order valence-electron chi connectivity index (χ0n) is 22.6. The molecule has 0 saturated heterocycles. The highest BCUT2D eigenvalue weighted by molar-refractivity contribution is 6.00. The molecular formula is C31H32N4O4. The summed E-state index contributed by atoms with van der Waals surface area (Å²) < 4.78 is 12.4. The minimum atomic E-state index is -1.18. The summed E-state index contributed by atoms with van der Waals surface area (Å²) in [6.45, 7) is 4.59. The van der Waals surface area contributed by atoms with E-state index in [2.05, 4.69) is 5.32 Å². The molecule has 0 spiro atoms. The average Bonchev–Trinajstić information content (AvgIpc) is 3.38. The molecule has 5 rings (SSSR count). The number of benzene rings is 3. The van der Waals surface area contributed by atoms with E-state index < -0.39 is 5.54 Å². The van der Waals surface area contributed by atoms with E-state index in [4.69, 9.17) is 14.6 Å². The van der Waals surface area contributed by atoms with E-state index in [0.717, 1.165) is 28.0 Å². The molecule has 3 aromatic carbocycles. The monoisotopic (exact) mass is 524 g/mol. The zero-order valence-corrected chi connectivity index (χ0v) is 22.6. The lowest BCUT2D eigenvalue weighted by Gasteiger charge is -2.43. The molecule has 2 amide bonds. The van der Waals surface area contributed by atoms with Crippen LogP contribution >= 0.6 is 0 Å². The van der Waals surface area contributed by atoms with E-state index in [1.54, 1.807) is 36.8 Å². The predicted octanol–water partition coefficient (Wildman–Crippen LogP) is 4.61. The summed E-state index contributed by atoms with van der Waals surface area (Å²) in [5.74, 6) is 0.923. The second-order valence-corrected chi connectivity index (χ2v) is 9.95. The number of carbonyl (C=O) groups excluding carboxylic acids is 2. The fourth-order valence-electron chi connectivity index (χ4n) is 5.00. The van der Waals surface area contributed by atoms with Gasteiger partial charge >= 0.3 is 0 Å². The van der Waals surface area contributed by atoms with Crippen LogP contribution in [0.4, 0.5) is 0 Å². The van der Waals surface area contributed by atoms with Crippen LogP contribution in [0.3, 0.4) is 0 Å². The van der Waals surface area contributed by atoms with Crippen molar-refractivity contribution in [2.24, 2.45) is 0 Å². The third-order valence-corrected chi connectivity index (χ3v) is 7.23. The fourth-order valence-corrected chi connectivity index (χ4v) is 5.00. The zero-order chi connectivity index (χ0) is 27.6. The average molecular weight is 525 g/mol. The maximum absolute atomic E-state index is 14.0. The first kappa shape index (κ1) is 26.0. The highest BCUT2D eigenvalue weighted by atomic mass is 16.5. The van der Waals surface area contributed by atoms with Crippen molar-refractivity contribution in [1.82, 2.24) is 20.0 Å². The van der Waals surface area contributed by atoms with Crippen LogP contribution in [-0.2, 0) is 24.4 Å². The van der Waals surface area contributed by atoms with Crippen LogP contribution in [0.25, 0.3) is 11.3 Å². The number of hydrogen-bond acceptors (Lipinski definition) is 5. The molecule has 0 aliphatic carbocycles. The number of amides is 2. The summed E-state index contributed by atoms with van der Waals surface area (Å²) >= 11 is 0. The lowest BCUT2D eigenvalue weighted by molar-refractivity contribution is -0.133. The predicted molar refractivity (Wildman–Crippen MR) is 149 cm³/mol. The summed E-state index contributed by atoms with van der Waals surface area (Å²) in [6, 6.07) is 24.8. The molecule has 1 aliphatic heterocycles. The highest BCUT2D eigenvalue weighted by Gasteiger charge is 2.48. The Bertz CT molecular complexity index is 1510. The number of para-hydroxylation sites is 1. The molecule has 2 heterocycles. The molecule has 0 saturated carbocycles. The van der Waals surface area contributed by atoms with E-state index in [9.17, 15) is 9.59 Å². The van der Waals surface area contributed by atoms with Gasteiger partial charge in [-0.05, 0) is 55.8 Å². The van der Waals surface area contributed by atoms with Crippen molar-refractivity contribution in [2.45, 2.75) is 39.0 Å². The molecule has 0 unspecified atom stereocenters. The van der Waals surface area contributed by atoms with Crippen molar-refractivity contribution in [3.8, 4) is 22.8 Å². The van der Waals surface area contributed by atoms with Crippen molar-refractivity contribution in [1.29, 1.82) is 0 Å². The molecule has 1 aliphatic rings. The van der Waals surface area contributed by atoms with E-state index in [-0.39, 0.29) is 24.9 Å². The molecule has 1 aromatic heterocycles. The normalized spacial score (nSPS) is 16.5. The van der Waals surface area contributed by atoms with E-state index in [0.29, 0.717) is 23.7 Å². The Morgan fingerprint density at radius 2 is 1.77 bits per heavy atom. The topological polar surface area (TPSA) is 85.7 Å². The van der Waals surface area contributed by atoms with Crippen molar-refractivity contribution >= 4 is 11.8 Å². The van der Waals surface area contributed by atoms with Gasteiger partial charge in [-0.2, -0.15) is 5.10 Å². The third-order valence-electron chi connectivity index (χ3n) is 7.23. The van der Waals surface area contributed by atoms with Gasteiger partial charge in [0.25, 0.3) is 5.91 Å². The molecule has 0 fully saturated rings. The Morgan fingerprint density at radius 1 is 1.00 bits per heavy atom. The number of methoxy groups -OCH3 is 2. The van der Waals surface area contributed by atoms with Gasteiger partial charge in [-0.1, -0.05) is 48.0 Å². The second-order valence-electron chi connectivity index (χ2n) is 9.95. The van der Waals surface area contributed by atoms with Crippen LogP contribution in [0, 0.1) is 6.92 Å². The maximum Gasteiger partial charge on any atom is 0.273 e. The molecule has 200 valence electrons. The van der Waals surface area contributed by atoms with Crippen LogP contribution in [0.2, 0.25) is 0 Å². The summed E-state index contributed by atoms with van der Waals surface area (Å²) in [4.78, 5) is 29.5. The number of rotatable bonds is 8. The first-order chi connectivity index (χ1) is 18.8. The minimum Gasteiger partial charge on any atom is -0.497 e. The SMILES string of the molecule is COc1ccc(-c2cc3n(n2)C[C@](C)(C(=O)NCc2ccccc2OC)N(Cc2cccc(C)c2)C3=O)cc1. The van der Waals surface area contributed by atoms with Gasteiger partial charge in [0.15, 0.2) is 0 Å². The highest BCUT2D eigenvalue weighted by Crippen LogP contribution is 2.32. The Kier molecular flexibility index (Phi) is 7.11. The number of hydrogen-bond donors (Lipinski definition) is 1. The molecule has 1 N–H and O–H groups in total. The number of aromatic nitrogens is 2. The van der Waals surface area contributed by atoms with Crippen LogP contribution in [0.15, 0.2) is 78.9 Å². The number of aryl methyl sites for hydroxylation is 1. The lowest BCUT2D eigenvalue weighted by Crippen LogP contribution is -2.63. The van der Waals surface area contributed by atoms with E-state index in [1.807, 2.05) is 79.7 Å². The fraction of sp³-hybridized carbons (Fsp3) is 0.258. The van der Waals surface area contributed by atoms with Gasteiger partial charge < -0.3 is 19.7 Å². The van der Waals surface area contributed by atoms with E-state index in [1.165, 1.54) is 0 Å². The van der Waals surface area contributed by atoms with Gasteiger partial charge in [0.1, 0.15) is 22.7 Å². The first-order valence-corrected chi connectivity index (χ1v) is 12.8. The van der Waals surface area contributed by atoms with Gasteiger partial charge in [0.2, 0.25) is 5.91 Å². The minimum absolute atomic E-state index is 0.216. The number of ether oxygens (including phenoxy) is 2. The Balaban J connectivity index is 1.49. The van der Waals surface area contributed by atoms with Gasteiger partial charge in [0, 0.05) is 24.2 Å².